The molecule has 1 saturated carbocycles. The van der Waals surface area contributed by atoms with Crippen LogP contribution in [0.2, 0.25) is 0 Å². The first-order chi connectivity index (χ1) is 14.7. The smallest absolute Gasteiger partial charge is 0.227 e. The third-order valence-electron chi connectivity index (χ3n) is 5.79. The molecule has 0 amide bonds. The summed E-state index contributed by atoms with van der Waals surface area (Å²) in [6.45, 7) is 2.61. The molecule has 0 aliphatic heterocycles. The molecule has 7 nitrogen and oxygen atoms in total. The highest BCUT2D eigenvalue weighted by Crippen LogP contribution is 2.33. The number of fused-ring (bicyclic) bond motifs is 1. The molecular weight excluding hydrogens is 383 g/mol. The number of nitrogens with zero attached hydrogens (tertiary/aromatic N) is 4. The van der Waals surface area contributed by atoms with Crippen LogP contribution < -0.4 is 10.6 Å². The van der Waals surface area contributed by atoms with Crippen molar-refractivity contribution in [3.63, 3.8) is 0 Å². The molecule has 2 aromatic heterocycles. The molecule has 4 rings (SSSR count). The topological polar surface area (TPSA) is 87.9 Å². The number of halogens is 1. The maximum absolute atomic E-state index is 13.5. The van der Waals surface area contributed by atoms with Gasteiger partial charge in [-0.05, 0) is 43.4 Å². The van der Waals surface area contributed by atoms with Crippen molar-refractivity contribution in [3.8, 4) is 0 Å². The van der Waals surface area contributed by atoms with E-state index in [1.165, 1.54) is 25.0 Å². The lowest BCUT2D eigenvalue weighted by Gasteiger charge is -2.18. The second kappa shape index (κ2) is 9.38. The minimum atomic E-state index is -0.259. The highest BCUT2D eigenvalue weighted by molar-refractivity contribution is 5.84. The zero-order valence-electron chi connectivity index (χ0n) is 17.3. The van der Waals surface area contributed by atoms with E-state index in [1.54, 1.807) is 6.07 Å². The summed E-state index contributed by atoms with van der Waals surface area (Å²) in [5, 5.41) is 16.0. The molecule has 1 aliphatic rings. The number of imidazole rings is 1. The molecule has 3 N–H and O–H groups in total. The number of anilines is 2. The maximum Gasteiger partial charge on any atom is 0.227 e. The standard InChI is InChI=1S/C22H29FN6O/c1-2-17(10-11-30)26-22-27-20(24-13-15-6-5-7-16(23)12-15)19-21(28-22)29(14-25-19)18-8-3-4-9-18/h5-7,12,14,17-18,30H,2-4,8-11,13H2,1H3,(H2,24,26,27,28). The molecule has 0 saturated heterocycles. The molecule has 1 aromatic carbocycles. The van der Waals surface area contributed by atoms with Gasteiger partial charge >= 0.3 is 0 Å². The molecule has 2 heterocycles. The van der Waals surface area contributed by atoms with E-state index >= 15 is 0 Å². The monoisotopic (exact) mass is 412 g/mol. The maximum atomic E-state index is 13.5. The number of hydrogen-bond acceptors (Lipinski definition) is 6. The van der Waals surface area contributed by atoms with Crippen LogP contribution in [0.5, 0.6) is 0 Å². The van der Waals surface area contributed by atoms with Gasteiger partial charge in [-0.3, -0.25) is 0 Å². The van der Waals surface area contributed by atoms with E-state index in [0.717, 1.165) is 36.0 Å². The Kier molecular flexibility index (Phi) is 6.42. The van der Waals surface area contributed by atoms with Crippen LogP contribution in [-0.4, -0.2) is 37.3 Å². The minimum absolute atomic E-state index is 0.0892. The summed E-state index contributed by atoms with van der Waals surface area (Å²) in [4.78, 5) is 14.0. The number of aromatic nitrogens is 4. The molecule has 0 bridgehead atoms. The molecule has 1 atom stereocenters. The fraction of sp³-hybridized carbons (Fsp3) is 0.500. The lowest BCUT2D eigenvalue weighted by molar-refractivity contribution is 0.278. The Bertz CT molecular complexity index is 985. The van der Waals surface area contributed by atoms with Gasteiger partial charge in [-0.15, -0.1) is 0 Å². The van der Waals surface area contributed by atoms with Gasteiger partial charge in [0.1, 0.15) is 5.82 Å². The van der Waals surface area contributed by atoms with Gasteiger partial charge in [0, 0.05) is 25.2 Å². The van der Waals surface area contributed by atoms with Gasteiger partial charge in [0.2, 0.25) is 5.95 Å². The van der Waals surface area contributed by atoms with E-state index in [0.29, 0.717) is 30.8 Å². The first-order valence-electron chi connectivity index (χ1n) is 10.8. The van der Waals surface area contributed by atoms with Crippen molar-refractivity contribution in [2.24, 2.45) is 0 Å². The van der Waals surface area contributed by atoms with E-state index in [9.17, 15) is 9.50 Å². The van der Waals surface area contributed by atoms with Gasteiger partial charge in [0.05, 0.1) is 6.33 Å². The van der Waals surface area contributed by atoms with Crippen molar-refractivity contribution in [3.05, 3.63) is 42.0 Å². The second-order valence-electron chi connectivity index (χ2n) is 7.90. The van der Waals surface area contributed by atoms with Crippen molar-refractivity contribution in [1.29, 1.82) is 0 Å². The van der Waals surface area contributed by atoms with Gasteiger partial charge in [-0.2, -0.15) is 9.97 Å². The van der Waals surface area contributed by atoms with E-state index in [2.05, 4.69) is 32.1 Å². The SMILES string of the molecule is CCC(CCO)Nc1nc(NCc2cccc(F)c2)c2ncn(C3CCCC3)c2n1. The van der Waals surface area contributed by atoms with E-state index in [1.807, 2.05) is 12.4 Å². The third kappa shape index (κ3) is 4.53. The normalized spacial score (nSPS) is 15.6. The first kappa shape index (κ1) is 20.5. The lowest BCUT2D eigenvalue weighted by atomic mass is 10.2. The molecule has 8 heteroatoms. The Labute approximate surface area is 175 Å². The third-order valence-corrected chi connectivity index (χ3v) is 5.79. The van der Waals surface area contributed by atoms with Crippen molar-refractivity contribution in [2.75, 3.05) is 17.2 Å². The van der Waals surface area contributed by atoms with Gasteiger partial charge in [-0.25, -0.2) is 9.37 Å². The summed E-state index contributed by atoms with van der Waals surface area (Å²) in [6, 6.07) is 7.02. The predicted octanol–water partition coefficient (Wildman–Crippen LogP) is 4.27. The van der Waals surface area contributed by atoms with Gasteiger partial charge in [0.15, 0.2) is 17.0 Å². The molecule has 1 fully saturated rings. The van der Waals surface area contributed by atoms with Crippen molar-refractivity contribution in [1.82, 2.24) is 19.5 Å². The summed E-state index contributed by atoms with van der Waals surface area (Å²) in [7, 11) is 0. The Morgan fingerprint density at radius 3 is 2.83 bits per heavy atom. The van der Waals surface area contributed by atoms with Crippen LogP contribution in [-0.2, 0) is 6.54 Å². The molecular formula is C22H29FN6O. The molecule has 1 aliphatic carbocycles. The summed E-state index contributed by atoms with van der Waals surface area (Å²) in [5.74, 6) is 0.886. The van der Waals surface area contributed by atoms with E-state index in [-0.39, 0.29) is 18.5 Å². The fourth-order valence-corrected chi connectivity index (χ4v) is 4.10. The van der Waals surface area contributed by atoms with Gasteiger partial charge < -0.3 is 20.3 Å². The summed E-state index contributed by atoms with van der Waals surface area (Å²) in [5.41, 5.74) is 2.36. The Morgan fingerprint density at radius 2 is 2.10 bits per heavy atom. The van der Waals surface area contributed by atoms with Crippen molar-refractivity contribution >= 4 is 22.9 Å². The van der Waals surface area contributed by atoms with Crippen LogP contribution in [0.3, 0.4) is 0 Å². The minimum Gasteiger partial charge on any atom is -0.396 e. The van der Waals surface area contributed by atoms with E-state index in [4.69, 9.17) is 4.98 Å². The number of aliphatic hydroxyl groups is 1. The van der Waals surface area contributed by atoms with Crippen LogP contribution in [0.4, 0.5) is 16.2 Å². The summed E-state index contributed by atoms with van der Waals surface area (Å²) >= 11 is 0. The number of benzene rings is 1. The predicted molar refractivity (Wildman–Crippen MR) is 116 cm³/mol. The number of aliphatic hydroxyl groups excluding tert-OH is 1. The Hall–Kier alpha value is -2.74. The number of nitrogens with one attached hydrogen (secondary N) is 2. The molecule has 1 unspecified atom stereocenters. The molecule has 0 spiro atoms. The number of hydrogen-bond donors (Lipinski definition) is 3. The molecule has 3 aromatic rings. The van der Waals surface area contributed by atoms with Crippen LogP contribution in [0.1, 0.15) is 57.1 Å². The zero-order valence-corrected chi connectivity index (χ0v) is 17.3. The average molecular weight is 413 g/mol. The van der Waals surface area contributed by atoms with Gasteiger partial charge in [0.25, 0.3) is 0 Å². The van der Waals surface area contributed by atoms with Crippen molar-refractivity contribution < 1.29 is 9.50 Å². The first-order valence-corrected chi connectivity index (χ1v) is 10.8. The fourth-order valence-electron chi connectivity index (χ4n) is 4.10. The second-order valence-corrected chi connectivity index (χ2v) is 7.90. The van der Waals surface area contributed by atoms with Crippen LogP contribution in [0.15, 0.2) is 30.6 Å². The van der Waals surface area contributed by atoms with Crippen LogP contribution >= 0.6 is 0 Å². The van der Waals surface area contributed by atoms with E-state index < -0.39 is 0 Å². The zero-order chi connectivity index (χ0) is 20.9. The van der Waals surface area contributed by atoms with Crippen molar-refractivity contribution in [2.45, 2.75) is 64.1 Å². The lowest BCUT2D eigenvalue weighted by Crippen LogP contribution is -2.22. The quantitative estimate of drug-likeness (QED) is 0.487. The Balaban J connectivity index is 1.67. The molecule has 30 heavy (non-hydrogen) atoms. The largest absolute Gasteiger partial charge is 0.396 e. The molecule has 160 valence electrons. The number of rotatable bonds is 9. The Morgan fingerprint density at radius 1 is 1.27 bits per heavy atom. The van der Waals surface area contributed by atoms with Crippen LogP contribution in [0, 0.1) is 5.82 Å². The van der Waals surface area contributed by atoms with Gasteiger partial charge in [-0.1, -0.05) is 31.9 Å². The van der Waals surface area contributed by atoms with Crippen LogP contribution in [0.25, 0.3) is 11.2 Å². The summed E-state index contributed by atoms with van der Waals surface area (Å²) < 4.78 is 15.7. The average Bonchev–Trinajstić information content (AvgIpc) is 3.41. The highest BCUT2D eigenvalue weighted by atomic mass is 19.1. The summed E-state index contributed by atoms with van der Waals surface area (Å²) in [6.07, 6.45) is 8.05. The molecule has 0 radical (unpaired) electrons. The highest BCUT2D eigenvalue weighted by Gasteiger charge is 2.22.